The molecule has 3 N–H and O–H groups in total. The first-order valence-electron chi connectivity index (χ1n) is 4.08. The minimum absolute atomic E-state index is 0.178. The lowest BCUT2D eigenvalue weighted by Crippen LogP contribution is -2.34. The Morgan fingerprint density at radius 3 is 2.92 bits per heavy atom. The van der Waals surface area contributed by atoms with Crippen LogP contribution in [0, 0.1) is 0 Å². The molecule has 0 saturated heterocycles. The van der Waals surface area contributed by atoms with E-state index in [-0.39, 0.29) is 11.8 Å². The van der Waals surface area contributed by atoms with Gasteiger partial charge in [-0.3, -0.25) is 4.79 Å². The van der Waals surface area contributed by atoms with E-state index in [1.807, 2.05) is 19.9 Å². The van der Waals surface area contributed by atoms with Gasteiger partial charge in [0.05, 0.1) is 5.70 Å². The molecule has 12 heavy (non-hydrogen) atoms. The molecule has 0 amide bonds. The minimum Gasteiger partial charge on any atom is -0.397 e. The van der Waals surface area contributed by atoms with Crippen LogP contribution in [0.15, 0.2) is 23.5 Å². The Labute approximate surface area is 72.3 Å². The smallest absolute Gasteiger partial charge is 0.158 e. The van der Waals surface area contributed by atoms with Gasteiger partial charge in [0.25, 0.3) is 0 Å². The van der Waals surface area contributed by atoms with Gasteiger partial charge in [0, 0.05) is 12.6 Å². The van der Waals surface area contributed by atoms with Gasteiger partial charge < -0.3 is 11.1 Å². The molecule has 0 radical (unpaired) electrons. The van der Waals surface area contributed by atoms with Crippen LogP contribution in [-0.4, -0.2) is 11.8 Å². The number of nitrogens with one attached hydrogen (secondary N) is 1. The van der Waals surface area contributed by atoms with Crippen molar-refractivity contribution >= 4 is 5.78 Å². The van der Waals surface area contributed by atoms with Crippen LogP contribution in [0.5, 0.6) is 0 Å². The van der Waals surface area contributed by atoms with Crippen molar-refractivity contribution < 1.29 is 4.79 Å². The van der Waals surface area contributed by atoms with Crippen LogP contribution in [0.3, 0.4) is 0 Å². The lowest BCUT2D eigenvalue weighted by Gasteiger charge is -2.18. The molecule has 1 rings (SSSR count). The van der Waals surface area contributed by atoms with Crippen molar-refractivity contribution in [2.45, 2.75) is 26.3 Å². The molecule has 66 valence electrons. The van der Waals surface area contributed by atoms with Gasteiger partial charge in [0.1, 0.15) is 6.04 Å². The number of ketones is 1. The Bertz CT molecular complexity index is 253. The van der Waals surface area contributed by atoms with Crippen molar-refractivity contribution in [2.75, 3.05) is 0 Å². The van der Waals surface area contributed by atoms with E-state index in [2.05, 4.69) is 5.32 Å². The number of rotatable bonds is 2. The zero-order valence-electron chi connectivity index (χ0n) is 7.42. The number of Topliss-reactive ketones (excluding diaryl/α,β-unsaturated/α-hetero) is 1. The van der Waals surface area contributed by atoms with Crippen LogP contribution >= 0.6 is 0 Å². The van der Waals surface area contributed by atoms with Gasteiger partial charge in [-0.25, -0.2) is 0 Å². The van der Waals surface area contributed by atoms with Gasteiger partial charge in [0.2, 0.25) is 0 Å². The van der Waals surface area contributed by atoms with Crippen molar-refractivity contribution in [1.82, 2.24) is 5.32 Å². The average molecular weight is 166 g/mol. The van der Waals surface area contributed by atoms with Crippen molar-refractivity contribution in [1.29, 1.82) is 0 Å². The summed E-state index contributed by atoms with van der Waals surface area (Å²) >= 11 is 0. The predicted octanol–water partition coefficient (Wildman–Crippen LogP) is 0.684. The predicted molar refractivity (Wildman–Crippen MR) is 48.2 cm³/mol. The molecule has 0 bridgehead atoms. The maximum Gasteiger partial charge on any atom is 0.158 e. The summed E-state index contributed by atoms with van der Waals surface area (Å²) in [7, 11) is 0. The van der Waals surface area contributed by atoms with Gasteiger partial charge >= 0.3 is 0 Å². The third-order valence-electron chi connectivity index (χ3n) is 1.99. The van der Waals surface area contributed by atoms with Crippen molar-refractivity contribution in [3.63, 3.8) is 0 Å². The van der Waals surface area contributed by atoms with E-state index in [0.29, 0.717) is 12.1 Å². The molecule has 0 aliphatic carbocycles. The van der Waals surface area contributed by atoms with Gasteiger partial charge in [-0.15, -0.1) is 0 Å². The summed E-state index contributed by atoms with van der Waals surface area (Å²) < 4.78 is 0. The molecule has 0 saturated carbocycles. The van der Waals surface area contributed by atoms with Crippen molar-refractivity contribution in [3.05, 3.63) is 23.5 Å². The molecule has 1 heterocycles. The molecule has 3 heteroatoms. The van der Waals surface area contributed by atoms with Crippen LogP contribution < -0.4 is 11.1 Å². The first-order valence-corrected chi connectivity index (χ1v) is 4.08. The number of allylic oxidation sites excluding steroid dienone is 1. The molecular weight excluding hydrogens is 152 g/mol. The summed E-state index contributed by atoms with van der Waals surface area (Å²) in [5, 5.41) is 2.94. The monoisotopic (exact) mass is 166 g/mol. The molecule has 1 unspecified atom stereocenters. The zero-order valence-corrected chi connectivity index (χ0v) is 7.42. The van der Waals surface area contributed by atoms with Gasteiger partial charge in [0.15, 0.2) is 5.78 Å². The Kier molecular flexibility index (Phi) is 2.53. The van der Waals surface area contributed by atoms with Gasteiger partial charge in [-0.2, -0.15) is 0 Å². The fraction of sp³-hybridized carbons (Fsp3) is 0.444. The van der Waals surface area contributed by atoms with E-state index in [1.165, 1.54) is 0 Å². The number of carbonyl (C=O) groups excluding carboxylic acids is 1. The second kappa shape index (κ2) is 3.43. The SMILES string of the molecule is CCC(=O)C1C=C(C)C(N)=CN1. The highest BCUT2D eigenvalue weighted by atomic mass is 16.1. The summed E-state index contributed by atoms with van der Waals surface area (Å²) in [5.41, 5.74) is 7.28. The van der Waals surface area contributed by atoms with Gasteiger partial charge in [-0.05, 0) is 18.6 Å². The summed E-state index contributed by atoms with van der Waals surface area (Å²) in [6.45, 7) is 3.76. The van der Waals surface area contributed by atoms with Crippen LogP contribution in [0.2, 0.25) is 0 Å². The molecule has 0 aromatic heterocycles. The van der Waals surface area contributed by atoms with E-state index in [0.717, 1.165) is 5.57 Å². The molecule has 1 aliphatic rings. The van der Waals surface area contributed by atoms with Crippen molar-refractivity contribution in [2.24, 2.45) is 5.73 Å². The number of hydrogen-bond donors (Lipinski definition) is 2. The molecule has 0 aromatic carbocycles. The number of nitrogens with two attached hydrogens (primary N) is 1. The Balaban J connectivity index is 2.71. The summed E-state index contributed by atoms with van der Waals surface area (Å²) in [5.74, 6) is 0.193. The highest BCUT2D eigenvalue weighted by Crippen LogP contribution is 2.09. The maximum atomic E-state index is 11.2. The van der Waals surface area contributed by atoms with Crippen molar-refractivity contribution in [3.8, 4) is 0 Å². The second-order valence-corrected chi connectivity index (χ2v) is 2.91. The van der Waals surface area contributed by atoms with Crippen LogP contribution in [0.1, 0.15) is 20.3 Å². The topological polar surface area (TPSA) is 55.1 Å². The third kappa shape index (κ3) is 1.67. The lowest BCUT2D eigenvalue weighted by molar-refractivity contribution is -0.119. The number of carbonyl (C=O) groups is 1. The van der Waals surface area contributed by atoms with E-state index in [9.17, 15) is 4.79 Å². The summed E-state index contributed by atoms with van der Waals surface area (Å²) in [4.78, 5) is 11.2. The quantitative estimate of drug-likeness (QED) is 0.634. The second-order valence-electron chi connectivity index (χ2n) is 2.91. The third-order valence-corrected chi connectivity index (χ3v) is 1.99. The zero-order chi connectivity index (χ0) is 9.14. The van der Waals surface area contributed by atoms with Crippen LogP contribution in [-0.2, 0) is 4.79 Å². The normalized spacial score (nSPS) is 22.3. The largest absolute Gasteiger partial charge is 0.397 e. The van der Waals surface area contributed by atoms with E-state index >= 15 is 0 Å². The number of dihydropyridines is 1. The summed E-state index contributed by atoms with van der Waals surface area (Å²) in [6.07, 6.45) is 4.10. The Hall–Kier alpha value is -1.25. The molecule has 1 aliphatic heterocycles. The molecule has 0 fully saturated rings. The molecule has 0 spiro atoms. The van der Waals surface area contributed by atoms with Gasteiger partial charge in [-0.1, -0.05) is 6.92 Å². The Morgan fingerprint density at radius 1 is 1.75 bits per heavy atom. The number of hydrogen-bond acceptors (Lipinski definition) is 3. The van der Waals surface area contributed by atoms with E-state index in [1.54, 1.807) is 6.20 Å². The molecule has 3 nitrogen and oxygen atoms in total. The molecular formula is C9H14N2O. The average Bonchev–Trinajstić information content (AvgIpc) is 2.08. The minimum atomic E-state index is -0.178. The highest BCUT2D eigenvalue weighted by molar-refractivity contribution is 5.86. The summed E-state index contributed by atoms with van der Waals surface area (Å²) in [6, 6.07) is -0.178. The fourth-order valence-corrected chi connectivity index (χ4v) is 1.09. The van der Waals surface area contributed by atoms with E-state index in [4.69, 9.17) is 5.73 Å². The maximum absolute atomic E-state index is 11.2. The lowest BCUT2D eigenvalue weighted by atomic mass is 10.0. The van der Waals surface area contributed by atoms with Crippen LogP contribution in [0.25, 0.3) is 0 Å². The first kappa shape index (κ1) is 8.84. The molecule has 1 atom stereocenters. The Morgan fingerprint density at radius 2 is 2.42 bits per heavy atom. The van der Waals surface area contributed by atoms with Crippen LogP contribution in [0.4, 0.5) is 0 Å². The fourth-order valence-electron chi connectivity index (χ4n) is 1.09. The van der Waals surface area contributed by atoms with E-state index < -0.39 is 0 Å². The first-order chi connectivity index (χ1) is 5.65. The molecule has 0 aromatic rings. The highest BCUT2D eigenvalue weighted by Gasteiger charge is 2.15. The standard InChI is InChI=1S/C9H14N2O/c1-3-9(12)8-4-6(2)7(10)5-11-8/h4-5,8,11H,3,10H2,1-2H3.